The van der Waals surface area contributed by atoms with Gasteiger partial charge in [-0.25, -0.2) is 28.8 Å². The van der Waals surface area contributed by atoms with Crippen LogP contribution in [-0.4, -0.2) is 105 Å². The molecule has 6 unspecified atom stereocenters. The molecular formula is C82H110N2O17. The van der Waals surface area contributed by atoms with Crippen molar-refractivity contribution >= 4 is 18.2 Å². The Kier molecular flexibility index (Phi) is 19.9. The van der Waals surface area contributed by atoms with Crippen LogP contribution < -0.4 is 27.5 Å². The van der Waals surface area contributed by atoms with E-state index in [1.54, 1.807) is 25.7 Å². The van der Waals surface area contributed by atoms with Crippen LogP contribution in [0.25, 0.3) is 0 Å². The third-order valence-electron chi connectivity index (χ3n) is 30.0. The van der Waals surface area contributed by atoms with E-state index in [1.165, 1.54) is 34.9 Å². The highest BCUT2D eigenvalue weighted by Crippen LogP contribution is 2.74. The van der Waals surface area contributed by atoms with Crippen molar-refractivity contribution in [3.05, 3.63) is 150 Å². The molecule has 9 fully saturated rings. The molecule has 3 aromatic rings. The third kappa shape index (κ3) is 12.5. The second kappa shape index (κ2) is 27.6. The molecule has 15 rings (SSSR count). The zero-order valence-electron chi connectivity index (χ0n) is 60.5. The number of aliphatic hydroxyl groups excluding tert-OH is 2. The fraction of sp³-hybridized carbons (Fsp3) is 0.683. The van der Waals surface area contributed by atoms with E-state index in [9.17, 15) is 49.2 Å². The molecule has 0 bridgehead atoms. The first-order valence-electron chi connectivity index (χ1n) is 38.0. The first kappa shape index (κ1) is 73.0. The van der Waals surface area contributed by atoms with Gasteiger partial charge in [0.15, 0.2) is 0 Å². The molecule has 7 N–H and O–H groups in total. The van der Waals surface area contributed by atoms with Gasteiger partial charge in [0.05, 0.1) is 54.8 Å². The Balaban J connectivity index is 0.000000137. The summed E-state index contributed by atoms with van der Waals surface area (Å²) in [5.41, 5.74) is 3.83. The molecule has 0 aliphatic heterocycles. The lowest BCUT2D eigenvalue weighted by Crippen LogP contribution is -2.60. The predicted molar refractivity (Wildman–Crippen MR) is 378 cm³/mol. The van der Waals surface area contributed by atoms with Gasteiger partial charge in [-0.2, -0.15) is 0 Å². The van der Waals surface area contributed by atoms with E-state index in [2.05, 4.69) is 77.0 Å². The van der Waals surface area contributed by atoms with Gasteiger partial charge in [-0.3, -0.25) is 0 Å². The summed E-state index contributed by atoms with van der Waals surface area (Å²) < 4.78 is 31.8. The summed E-state index contributed by atoms with van der Waals surface area (Å²) in [6.45, 7) is 19.3. The second-order valence-corrected chi connectivity index (χ2v) is 34.2. The Labute approximate surface area is 593 Å². The zero-order chi connectivity index (χ0) is 71.9. The molecule has 0 spiro atoms. The van der Waals surface area contributed by atoms with E-state index < -0.39 is 35.0 Å². The standard InChI is InChI=1S/C31H41NO7.C27H37NO6.C24H32O4/c1-19(2)27(34)37-16-15-32-28(35)39-22-9-12-29(3)21(17-22)6-7-25-24(29)10-13-30(4)23(11-14-31(25,30)36)20-5-8-26(33)38-18-20;1-25-10-7-19(34-24(31)28-13-14-29)15-18(25)4-5-22-21(25)8-11-26(2)20(9-12-27(22,26)32)17-3-6-23(30)33-16-17;1-22-10-7-17(25)13-16(22)4-5-20-19(22)8-11-23(2)18(9-12-24(20,23)27)15-3-6-21(26)28-14-15/h5,8,17-18,22-25,36H,1,6-7,9-16H2,2-4H3,(H,32,35);3,6,15-16,19-22,29,32H,4-5,7-14H2,1-2H3,(H,28,31);3,6,13-14,17-20,25,27H,4-5,7-12H2,1-2H3/t22-,23+,24?,25?,29-,30+,31-;19-,20+,21?,22?,25-,26+,27-;17-,18+,19?,20?,22-,23+,24-/m000/s1. The normalized spacial score (nSPS) is 41.3. The molecule has 3 heterocycles. The van der Waals surface area contributed by atoms with Crippen LogP contribution in [0.3, 0.4) is 0 Å². The first-order chi connectivity index (χ1) is 48.0. The lowest BCUT2D eigenvalue weighted by molar-refractivity contribution is -0.178. The van der Waals surface area contributed by atoms with Crippen molar-refractivity contribution in [1.29, 1.82) is 0 Å². The van der Waals surface area contributed by atoms with Crippen LogP contribution in [0.4, 0.5) is 9.59 Å². The van der Waals surface area contributed by atoms with Crippen molar-refractivity contribution in [3.8, 4) is 0 Å². The summed E-state index contributed by atoms with van der Waals surface area (Å²) in [5, 5.41) is 61.1. The number of rotatable bonds is 11. The Bertz CT molecular complexity index is 3860. The highest BCUT2D eigenvalue weighted by molar-refractivity contribution is 5.87. The first-order valence-corrected chi connectivity index (χ1v) is 38.0. The number of amides is 2. The van der Waals surface area contributed by atoms with Gasteiger partial charge in [0.2, 0.25) is 0 Å². The number of carbonyl (C=O) groups excluding carboxylic acids is 3. The second-order valence-electron chi connectivity index (χ2n) is 34.2. The van der Waals surface area contributed by atoms with Crippen LogP contribution in [0, 0.1) is 68.0 Å². The molecule has 101 heavy (non-hydrogen) atoms. The van der Waals surface area contributed by atoms with Gasteiger partial charge < -0.3 is 63.6 Å². The van der Waals surface area contributed by atoms with Gasteiger partial charge in [-0.1, -0.05) is 70.9 Å². The monoisotopic (exact) mass is 1390 g/mol. The van der Waals surface area contributed by atoms with Gasteiger partial charge in [-0.15, -0.1) is 0 Å². The molecule has 19 heteroatoms. The minimum absolute atomic E-state index is 0.0129. The number of alkyl carbamates (subject to hydrolysis) is 2. The molecule has 9 saturated carbocycles. The summed E-state index contributed by atoms with van der Waals surface area (Å²) in [6, 6.07) is 10.1. The molecule has 12 aliphatic carbocycles. The quantitative estimate of drug-likeness (QED) is 0.0309. The number of allylic oxidation sites excluding steroid dienone is 3. The number of hydrogen-bond donors (Lipinski definition) is 7. The van der Waals surface area contributed by atoms with Gasteiger partial charge in [0.25, 0.3) is 0 Å². The maximum absolute atomic E-state index is 12.4. The van der Waals surface area contributed by atoms with Crippen LogP contribution in [0.15, 0.2) is 130 Å². The van der Waals surface area contributed by atoms with Crippen LogP contribution >= 0.6 is 0 Å². The van der Waals surface area contributed by atoms with Crippen molar-refractivity contribution < 1.29 is 67.4 Å². The minimum atomic E-state index is -0.758. The maximum Gasteiger partial charge on any atom is 0.407 e. The SMILES string of the molecule is C=C(C)C(=O)OCCNC(=O)O[C@@H]1C=C2CCC3C(CC[C@]4(C)[C@@H](c5ccc(=O)oc5)CC[C@]34O)[C@@]2(C)CC1.C[C@]12CC[C@H](O)C=C1CCC1C2CC[C@]2(C)[C@@H](c3ccc(=O)oc3)CC[C@]12O.C[C@]12CC[C@H](OC(=O)NCCO)C=C1CCC1C2CC[C@]2(C)[C@@H](c3ccc(=O)oc3)CC[C@]12O. The van der Waals surface area contributed by atoms with E-state index >= 15 is 0 Å². The van der Waals surface area contributed by atoms with Gasteiger partial charge in [-0.05, 0) is 278 Å². The smallest absolute Gasteiger partial charge is 0.407 e. The summed E-state index contributed by atoms with van der Waals surface area (Å²) in [4.78, 5) is 70.2. The lowest BCUT2D eigenvalue weighted by Gasteiger charge is -2.61. The Hall–Kier alpha value is -6.38. The fourth-order valence-corrected chi connectivity index (χ4v) is 24.4. The van der Waals surface area contributed by atoms with Crippen molar-refractivity contribution in [3.63, 3.8) is 0 Å². The molecule has 0 saturated heterocycles. The topological polar surface area (TPSA) is 295 Å². The van der Waals surface area contributed by atoms with E-state index in [0.717, 1.165) is 171 Å². The summed E-state index contributed by atoms with van der Waals surface area (Å²) in [6.07, 6.45) is 31.5. The molecule has 2 amide bonds. The van der Waals surface area contributed by atoms with Crippen molar-refractivity contribution in [2.45, 2.75) is 255 Å². The number of fused-ring (bicyclic) bond motifs is 15. The van der Waals surface area contributed by atoms with Crippen LogP contribution in [0.1, 0.15) is 237 Å². The zero-order valence-corrected chi connectivity index (χ0v) is 60.5. The van der Waals surface area contributed by atoms with E-state index in [4.69, 9.17) is 32.6 Å². The van der Waals surface area contributed by atoms with Crippen LogP contribution in [0.2, 0.25) is 0 Å². The average Bonchev–Trinajstić information content (AvgIpc) is 1.61. The van der Waals surface area contributed by atoms with Gasteiger partial charge in [0, 0.05) is 46.6 Å². The van der Waals surface area contributed by atoms with Gasteiger partial charge >= 0.3 is 35.0 Å². The minimum Gasteiger partial charge on any atom is -0.460 e. The Morgan fingerprint density at radius 3 is 1.18 bits per heavy atom. The molecule has 21 atom stereocenters. The number of esters is 1. The summed E-state index contributed by atoms with van der Waals surface area (Å²) in [7, 11) is 0. The maximum atomic E-state index is 12.4. The highest BCUT2D eigenvalue weighted by Gasteiger charge is 2.70. The van der Waals surface area contributed by atoms with Gasteiger partial charge in [0.1, 0.15) is 18.8 Å². The number of ether oxygens (including phenoxy) is 3. The Morgan fingerprint density at radius 1 is 0.475 bits per heavy atom. The molecule has 3 aromatic heterocycles. The van der Waals surface area contributed by atoms with Crippen molar-refractivity contribution in [2.75, 3.05) is 26.3 Å². The Morgan fingerprint density at radius 2 is 0.832 bits per heavy atom. The summed E-state index contributed by atoms with van der Waals surface area (Å²) in [5.74, 6) is 2.14. The number of aliphatic hydroxyl groups is 5. The van der Waals surface area contributed by atoms with Crippen molar-refractivity contribution in [1.82, 2.24) is 10.6 Å². The van der Waals surface area contributed by atoms with Crippen LogP contribution in [0.5, 0.6) is 0 Å². The number of nitrogens with one attached hydrogen (secondary N) is 2. The molecular weight excluding hydrogens is 1280 g/mol. The molecule has 19 nitrogen and oxygen atoms in total. The highest BCUT2D eigenvalue weighted by atomic mass is 16.6. The molecule has 0 radical (unpaired) electrons. The van der Waals surface area contributed by atoms with E-state index in [-0.39, 0.29) is 124 Å². The van der Waals surface area contributed by atoms with E-state index in [1.807, 2.05) is 18.2 Å². The number of hydrogen-bond acceptors (Lipinski definition) is 17. The van der Waals surface area contributed by atoms with E-state index in [0.29, 0.717) is 29.2 Å². The average molecular weight is 1400 g/mol. The largest absolute Gasteiger partial charge is 0.460 e. The molecule has 0 aromatic carbocycles. The number of carbonyl (C=O) groups is 3. The van der Waals surface area contributed by atoms with Crippen molar-refractivity contribution in [2.24, 2.45) is 68.0 Å². The fourth-order valence-electron chi connectivity index (χ4n) is 24.4. The molecule has 12 aliphatic rings. The third-order valence-corrected chi connectivity index (χ3v) is 30.0. The predicted octanol–water partition coefficient (Wildman–Crippen LogP) is 13.1. The lowest BCUT2D eigenvalue weighted by atomic mass is 9.45. The van der Waals surface area contributed by atoms with Crippen LogP contribution in [-0.2, 0) is 19.0 Å². The summed E-state index contributed by atoms with van der Waals surface area (Å²) >= 11 is 0. The molecule has 550 valence electrons.